The van der Waals surface area contributed by atoms with Gasteiger partial charge >= 0.3 is 5.97 Å². The second-order valence-electron chi connectivity index (χ2n) is 5.55. The van der Waals surface area contributed by atoms with Gasteiger partial charge in [-0.25, -0.2) is 4.79 Å². The van der Waals surface area contributed by atoms with Gasteiger partial charge in [0.1, 0.15) is 10.6 Å². The number of benzene rings is 1. The Morgan fingerprint density at radius 3 is 2.48 bits per heavy atom. The zero-order valence-corrected chi connectivity index (χ0v) is 13.9. The molecule has 2 rings (SSSR count). The Labute approximate surface area is 129 Å². The van der Waals surface area contributed by atoms with Gasteiger partial charge in [0.15, 0.2) is 0 Å². The first-order valence-corrected chi connectivity index (χ1v) is 7.76. The molecule has 0 fully saturated rings. The molecule has 3 nitrogen and oxygen atoms in total. The summed E-state index contributed by atoms with van der Waals surface area (Å²) in [4.78, 5) is 13.3. The second-order valence-corrected chi connectivity index (χ2v) is 6.63. The van der Waals surface area contributed by atoms with Gasteiger partial charge in [-0.15, -0.1) is 11.3 Å². The highest BCUT2D eigenvalue weighted by atomic mass is 32.1. The highest BCUT2D eigenvalue weighted by Gasteiger charge is 2.26. The summed E-state index contributed by atoms with van der Waals surface area (Å²) in [5.41, 5.74) is 10.9. The number of hydrogen-bond acceptors (Lipinski definition) is 4. The molecule has 0 radical (unpaired) electrons. The van der Waals surface area contributed by atoms with Crippen LogP contribution in [0.15, 0.2) is 18.2 Å². The van der Waals surface area contributed by atoms with Gasteiger partial charge in [-0.1, -0.05) is 37.6 Å². The van der Waals surface area contributed by atoms with Gasteiger partial charge in [0, 0.05) is 10.4 Å². The summed E-state index contributed by atoms with van der Waals surface area (Å²) in [6, 6.07) is 6.24. The van der Waals surface area contributed by atoms with E-state index in [9.17, 15) is 4.79 Å². The minimum absolute atomic E-state index is 0.298. The number of rotatable bonds is 3. The number of methoxy groups -OCH3 is 1. The highest BCUT2D eigenvalue weighted by Crippen LogP contribution is 2.43. The van der Waals surface area contributed by atoms with E-state index in [0.717, 1.165) is 21.6 Å². The fourth-order valence-corrected chi connectivity index (χ4v) is 3.61. The number of hydrogen-bond donors (Lipinski definition) is 1. The van der Waals surface area contributed by atoms with Gasteiger partial charge in [0.2, 0.25) is 0 Å². The Hall–Kier alpha value is -1.81. The average Bonchev–Trinajstić information content (AvgIpc) is 2.75. The summed E-state index contributed by atoms with van der Waals surface area (Å²) >= 11 is 1.48. The quantitative estimate of drug-likeness (QED) is 0.848. The van der Waals surface area contributed by atoms with Crippen LogP contribution in [0.25, 0.3) is 11.1 Å². The van der Waals surface area contributed by atoms with Crippen molar-refractivity contribution in [3.63, 3.8) is 0 Å². The van der Waals surface area contributed by atoms with Crippen molar-refractivity contribution in [2.45, 2.75) is 33.6 Å². The molecule has 0 spiro atoms. The molecule has 0 aliphatic heterocycles. The summed E-state index contributed by atoms with van der Waals surface area (Å²) in [5, 5.41) is 0.528. The number of carbonyl (C=O) groups excluding carboxylic acids is 1. The predicted octanol–water partition coefficient (Wildman–Crippen LogP) is 4.52. The molecule has 0 aliphatic rings. The first-order chi connectivity index (χ1) is 9.86. The molecule has 2 N–H and O–H groups in total. The number of thiophene rings is 1. The van der Waals surface area contributed by atoms with Crippen LogP contribution in [-0.4, -0.2) is 13.1 Å². The van der Waals surface area contributed by atoms with Gasteiger partial charge in [-0.2, -0.15) is 0 Å². The molecule has 0 unspecified atom stereocenters. The van der Waals surface area contributed by atoms with E-state index in [2.05, 4.69) is 45.9 Å². The maximum atomic E-state index is 12.1. The normalized spacial score (nSPS) is 11.0. The van der Waals surface area contributed by atoms with Gasteiger partial charge in [0.25, 0.3) is 0 Å². The molecule has 0 bridgehead atoms. The van der Waals surface area contributed by atoms with Gasteiger partial charge in [-0.3, -0.25) is 0 Å². The van der Waals surface area contributed by atoms with Crippen LogP contribution in [0.3, 0.4) is 0 Å². The largest absolute Gasteiger partial charge is 0.465 e. The number of anilines is 1. The van der Waals surface area contributed by atoms with E-state index in [1.165, 1.54) is 24.0 Å². The molecule has 0 saturated carbocycles. The molecule has 0 atom stereocenters. The smallest absolute Gasteiger partial charge is 0.341 e. The molecule has 1 aromatic carbocycles. The van der Waals surface area contributed by atoms with Crippen molar-refractivity contribution in [3.8, 4) is 11.1 Å². The van der Waals surface area contributed by atoms with Crippen molar-refractivity contribution in [2.75, 3.05) is 12.8 Å². The van der Waals surface area contributed by atoms with Crippen LogP contribution in [0.1, 0.15) is 46.1 Å². The Bertz CT molecular complexity index is 686. The Kier molecular flexibility index (Phi) is 4.37. The number of nitrogen functional groups attached to an aromatic ring is 1. The monoisotopic (exact) mass is 303 g/mol. The lowest BCUT2D eigenvalue weighted by Crippen LogP contribution is -2.05. The van der Waals surface area contributed by atoms with Crippen molar-refractivity contribution in [1.82, 2.24) is 0 Å². The SMILES string of the molecule is COC(=O)c1c(N)sc(C(C)C)c1-c1ccc(C)cc1C. The maximum absolute atomic E-state index is 12.1. The third kappa shape index (κ3) is 2.81. The Balaban J connectivity index is 2.78. The van der Waals surface area contributed by atoms with Crippen LogP contribution in [0.2, 0.25) is 0 Å². The van der Waals surface area contributed by atoms with E-state index in [1.54, 1.807) is 0 Å². The zero-order valence-electron chi connectivity index (χ0n) is 13.1. The minimum Gasteiger partial charge on any atom is -0.465 e. The van der Waals surface area contributed by atoms with Crippen molar-refractivity contribution in [2.24, 2.45) is 0 Å². The number of nitrogens with two attached hydrogens (primary N) is 1. The van der Waals surface area contributed by atoms with Gasteiger partial charge < -0.3 is 10.5 Å². The Morgan fingerprint density at radius 2 is 1.95 bits per heavy atom. The van der Waals surface area contributed by atoms with E-state index >= 15 is 0 Å². The first kappa shape index (κ1) is 15.6. The number of carbonyl (C=O) groups is 1. The number of aryl methyl sites for hydroxylation is 2. The molecule has 0 amide bonds. The van der Waals surface area contributed by atoms with E-state index in [4.69, 9.17) is 10.5 Å². The summed E-state index contributed by atoms with van der Waals surface area (Å²) in [6.07, 6.45) is 0. The zero-order chi connectivity index (χ0) is 15.7. The summed E-state index contributed by atoms with van der Waals surface area (Å²) < 4.78 is 4.92. The lowest BCUT2D eigenvalue weighted by molar-refractivity contribution is 0.0603. The third-order valence-electron chi connectivity index (χ3n) is 3.53. The van der Waals surface area contributed by atoms with Gasteiger partial charge in [0.05, 0.1) is 7.11 Å². The lowest BCUT2D eigenvalue weighted by Gasteiger charge is -2.12. The van der Waals surface area contributed by atoms with Crippen LogP contribution >= 0.6 is 11.3 Å². The number of esters is 1. The standard InChI is InChI=1S/C17H21NO2S/c1-9(2)15-13(12-7-6-10(3)8-11(12)4)14(16(18)21-15)17(19)20-5/h6-9H,18H2,1-5H3. The van der Waals surface area contributed by atoms with Crippen LogP contribution in [0, 0.1) is 13.8 Å². The second kappa shape index (κ2) is 5.90. The average molecular weight is 303 g/mol. The van der Waals surface area contributed by atoms with E-state index in [0.29, 0.717) is 16.5 Å². The topological polar surface area (TPSA) is 52.3 Å². The summed E-state index contributed by atoms with van der Waals surface area (Å²) in [5.74, 6) is -0.0722. The maximum Gasteiger partial charge on any atom is 0.341 e. The predicted molar refractivity (Wildman–Crippen MR) is 89.1 cm³/mol. The van der Waals surface area contributed by atoms with Crippen LogP contribution in [0.5, 0.6) is 0 Å². The van der Waals surface area contributed by atoms with Crippen LogP contribution in [0.4, 0.5) is 5.00 Å². The molecule has 4 heteroatoms. The van der Waals surface area contributed by atoms with Crippen molar-refractivity contribution < 1.29 is 9.53 Å². The number of ether oxygens (including phenoxy) is 1. The molecular formula is C17H21NO2S. The molecule has 112 valence electrons. The van der Waals surface area contributed by atoms with Crippen LogP contribution in [-0.2, 0) is 4.74 Å². The third-order valence-corrected chi connectivity index (χ3v) is 4.85. The van der Waals surface area contributed by atoms with Crippen molar-refractivity contribution in [3.05, 3.63) is 39.8 Å². The molecule has 1 aromatic heterocycles. The molecule has 2 aromatic rings. The minimum atomic E-state index is -0.370. The van der Waals surface area contributed by atoms with E-state index < -0.39 is 0 Å². The molecule has 1 heterocycles. The lowest BCUT2D eigenvalue weighted by atomic mass is 9.93. The van der Waals surface area contributed by atoms with Crippen LogP contribution < -0.4 is 5.73 Å². The Morgan fingerprint density at radius 1 is 1.29 bits per heavy atom. The molecular weight excluding hydrogens is 282 g/mol. The van der Waals surface area contributed by atoms with E-state index in [1.807, 2.05) is 0 Å². The summed E-state index contributed by atoms with van der Waals surface area (Å²) in [7, 11) is 1.39. The molecule has 21 heavy (non-hydrogen) atoms. The fourth-order valence-electron chi connectivity index (χ4n) is 2.54. The molecule has 0 saturated heterocycles. The van der Waals surface area contributed by atoms with Crippen molar-refractivity contribution in [1.29, 1.82) is 0 Å². The van der Waals surface area contributed by atoms with E-state index in [-0.39, 0.29) is 5.97 Å². The first-order valence-electron chi connectivity index (χ1n) is 6.94. The fraction of sp³-hybridized carbons (Fsp3) is 0.353. The summed E-state index contributed by atoms with van der Waals surface area (Å²) in [6.45, 7) is 8.34. The molecule has 0 aliphatic carbocycles. The van der Waals surface area contributed by atoms with Gasteiger partial charge in [-0.05, 0) is 30.9 Å². The highest BCUT2D eigenvalue weighted by molar-refractivity contribution is 7.17. The van der Waals surface area contributed by atoms with Crippen molar-refractivity contribution >= 4 is 22.3 Å².